The maximum atomic E-state index is 14.8. The zero-order chi connectivity index (χ0) is 39.2. The zero-order valence-electron chi connectivity index (χ0n) is 32.6. The molecule has 12 nitrogen and oxygen atoms in total. The lowest BCUT2D eigenvalue weighted by molar-refractivity contribution is -0.148. The first-order valence-electron chi connectivity index (χ1n) is 19.8. The molecular formula is C41H58N4O8S. The van der Waals surface area contributed by atoms with Crippen molar-refractivity contribution >= 4 is 39.6 Å². The molecule has 1 aromatic carbocycles. The number of ketones is 1. The molecule has 0 unspecified atom stereocenters. The number of hydrogen-bond donors (Lipinski definition) is 1. The number of carbonyl (C=O) groups is 5. The first kappa shape index (κ1) is 39.9. The molecule has 3 aliphatic heterocycles. The van der Waals surface area contributed by atoms with Crippen LogP contribution in [0.2, 0.25) is 0 Å². The normalized spacial score (nSPS) is 28.6. The van der Waals surface area contributed by atoms with Gasteiger partial charge in [-0.3, -0.25) is 28.8 Å². The molecule has 6 rings (SSSR count). The minimum Gasteiger partial charge on any atom is -0.444 e. The highest BCUT2D eigenvalue weighted by Crippen LogP contribution is 2.57. The van der Waals surface area contributed by atoms with Gasteiger partial charge >= 0.3 is 6.09 Å². The summed E-state index contributed by atoms with van der Waals surface area (Å²) in [5, 5.41) is -0.612. The number of carbonyl (C=O) groups excluding carboxylic acids is 5. The van der Waals surface area contributed by atoms with Gasteiger partial charge in [-0.1, -0.05) is 57.9 Å². The molecule has 1 aromatic rings. The third-order valence-corrected chi connectivity index (χ3v) is 14.2. The van der Waals surface area contributed by atoms with E-state index in [1.165, 1.54) is 10.5 Å². The van der Waals surface area contributed by atoms with Crippen molar-refractivity contribution in [1.82, 2.24) is 19.4 Å². The van der Waals surface area contributed by atoms with Gasteiger partial charge in [0.1, 0.15) is 6.10 Å². The second kappa shape index (κ2) is 15.4. The molecule has 13 heteroatoms. The molecule has 0 spiro atoms. The summed E-state index contributed by atoms with van der Waals surface area (Å²) in [7, 11) is -3.86. The van der Waals surface area contributed by atoms with Crippen LogP contribution in [0.5, 0.6) is 0 Å². The van der Waals surface area contributed by atoms with Gasteiger partial charge in [0.2, 0.25) is 27.7 Å². The summed E-state index contributed by atoms with van der Waals surface area (Å²) in [5.41, 5.74) is 1.48. The summed E-state index contributed by atoms with van der Waals surface area (Å²) >= 11 is 0. The van der Waals surface area contributed by atoms with Gasteiger partial charge in [0.25, 0.3) is 0 Å². The highest BCUT2D eigenvalue weighted by Gasteiger charge is 2.61. The van der Waals surface area contributed by atoms with Gasteiger partial charge in [-0.25, -0.2) is 13.2 Å². The van der Waals surface area contributed by atoms with Crippen LogP contribution in [0, 0.1) is 22.7 Å². The SMILES string of the molecule is C=C[C@@H]1C[C@]1(CC(=O)[C@@H]1C[C@@H]2CN1C(=O)[C@H](C(C)(C)C)CC(=O)N(C(C)C)CCCCCCc1cccc3c1CN(C3)C(=O)O2)C(=O)NS(=O)(=O)C1CC1. The maximum Gasteiger partial charge on any atom is 0.410 e. The van der Waals surface area contributed by atoms with Crippen LogP contribution in [0.1, 0.15) is 116 Å². The Morgan fingerprint density at radius 3 is 2.41 bits per heavy atom. The Kier molecular flexibility index (Phi) is 11.4. The minimum atomic E-state index is -3.86. The number of benzene rings is 1. The zero-order valence-corrected chi connectivity index (χ0v) is 33.4. The topological polar surface area (TPSA) is 150 Å². The van der Waals surface area contributed by atoms with E-state index in [4.69, 9.17) is 4.74 Å². The smallest absolute Gasteiger partial charge is 0.410 e. The second-order valence-corrected chi connectivity index (χ2v) is 19.6. The third-order valence-electron chi connectivity index (χ3n) is 12.3. The van der Waals surface area contributed by atoms with Crippen molar-refractivity contribution < 1.29 is 37.1 Å². The maximum absolute atomic E-state index is 14.8. The molecule has 1 N–H and O–H groups in total. The molecule has 4 bridgehead atoms. The summed E-state index contributed by atoms with van der Waals surface area (Å²) in [4.78, 5) is 75.4. The Hall–Kier alpha value is -3.74. The van der Waals surface area contributed by atoms with Crippen LogP contribution in [-0.2, 0) is 53.4 Å². The quantitative estimate of drug-likeness (QED) is 0.352. The number of sulfonamides is 1. The summed E-state index contributed by atoms with van der Waals surface area (Å²) in [6, 6.07) is 5.08. The molecule has 5 atom stereocenters. The van der Waals surface area contributed by atoms with Crippen molar-refractivity contribution in [3.8, 4) is 0 Å². The predicted octanol–water partition coefficient (Wildman–Crippen LogP) is 5.27. The van der Waals surface area contributed by atoms with Gasteiger partial charge < -0.3 is 14.5 Å². The fraction of sp³-hybridized carbons (Fsp3) is 0.683. The molecule has 2 saturated carbocycles. The van der Waals surface area contributed by atoms with Gasteiger partial charge in [-0.2, -0.15) is 0 Å². The van der Waals surface area contributed by atoms with Crippen LogP contribution in [-0.4, -0.2) is 89.2 Å². The first-order valence-corrected chi connectivity index (χ1v) is 21.4. The van der Waals surface area contributed by atoms with Crippen LogP contribution in [0.3, 0.4) is 0 Å². The molecule has 0 radical (unpaired) electrons. The van der Waals surface area contributed by atoms with Gasteiger partial charge in [-0.15, -0.1) is 6.58 Å². The molecule has 54 heavy (non-hydrogen) atoms. The van der Waals surface area contributed by atoms with E-state index in [-0.39, 0.29) is 50.1 Å². The number of hydrogen-bond acceptors (Lipinski definition) is 8. The van der Waals surface area contributed by atoms with Gasteiger partial charge in [-0.05, 0) is 80.4 Å². The molecular weight excluding hydrogens is 709 g/mol. The number of rotatable bonds is 8. The van der Waals surface area contributed by atoms with Crippen LogP contribution < -0.4 is 4.72 Å². The lowest BCUT2D eigenvalue weighted by Crippen LogP contribution is -2.49. The second-order valence-electron chi connectivity index (χ2n) is 17.6. The van der Waals surface area contributed by atoms with E-state index in [9.17, 15) is 32.4 Å². The highest BCUT2D eigenvalue weighted by atomic mass is 32.2. The van der Waals surface area contributed by atoms with Crippen molar-refractivity contribution in [3.63, 3.8) is 0 Å². The monoisotopic (exact) mass is 766 g/mol. The average Bonchev–Trinajstić information content (AvgIpc) is 3.99. The van der Waals surface area contributed by atoms with Crippen molar-refractivity contribution in [2.45, 2.75) is 142 Å². The summed E-state index contributed by atoms with van der Waals surface area (Å²) in [5.74, 6) is -2.83. The van der Waals surface area contributed by atoms with Gasteiger partial charge in [0, 0.05) is 44.9 Å². The van der Waals surface area contributed by atoms with Crippen LogP contribution in [0.15, 0.2) is 30.9 Å². The van der Waals surface area contributed by atoms with E-state index in [0.29, 0.717) is 32.5 Å². The number of allylic oxidation sites excluding steroid dienone is 1. The largest absolute Gasteiger partial charge is 0.444 e. The Labute approximate surface area is 320 Å². The standard InChI is InChI=1S/C41H58N4O8S/c1-7-29-21-41(29,38(49)42-54(51,52)31-16-17-31)22-35(46)34-19-30-24-45(34)37(48)33(40(4,5)6)20-36(47)44(26(2)3)18-11-9-8-10-13-27-14-12-15-28-23-43(25-32(27)28)39(50)53-30/h7,12,14-15,26,29-31,33-34H,1,8-11,13,16-25H2,2-6H3,(H,42,49)/t29-,30-,33-,34+,41-/m1/s1. The van der Waals surface area contributed by atoms with E-state index in [0.717, 1.165) is 43.2 Å². The van der Waals surface area contributed by atoms with Crippen LogP contribution >= 0.6 is 0 Å². The minimum absolute atomic E-state index is 0.0299. The van der Waals surface area contributed by atoms with E-state index in [1.807, 2.05) is 51.7 Å². The number of fused-ring (bicyclic) bond motifs is 3. The summed E-state index contributed by atoms with van der Waals surface area (Å²) in [6.45, 7) is 14.9. The predicted molar refractivity (Wildman–Crippen MR) is 203 cm³/mol. The van der Waals surface area contributed by atoms with E-state index in [2.05, 4.69) is 17.4 Å². The number of nitrogens with one attached hydrogen (secondary N) is 1. The van der Waals surface area contributed by atoms with Crippen LogP contribution in [0.4, 0.5) is 4.79 Å². The molecule has 1 saturated heterocycles. The summed E-state index contributed by atoms with van der Waals surface area (Å²) in [6.07, 6.45) is 5.87. The van der Waals surface area contributed by atoms with Crippen molar-refractivity contribution in [2.24, 2.45) is 22.7 Å². The lowest BCUT2D eigenvalue weighted by Gasteiger charge is -2.36. The number of ether oxygens (including phenoxy) is 1. The van der Waals surface area contributed by atoms with Crippen molar-refractivity contribution in [1.29, 1.82) is 0 Å². The van der Waals surface area contributed by atoms with Gasteiger partial charge in [0.15, 0.2) is 5.78 Å². The average molecular weight is 767 g/mol. The number of nitrogens with zero attached hydrogens (tertiary/aromatic N) is 3. The lowest BCUT2D eigenvalue weighted by atomic mass is 9.77. The third kappa shape index (κ3) is 8.40. The number of Topliss-reactive ketones (excluding diaryl/α,β-unsaturated/α-hetero) is 1. The van der Waals surface area contributed by atoms with E-state index < -0.39 is 67.9 Å². The Bertz CT molecular complexity index is 1780. The fourth-order valence-corrected chi connectivity index (χ4v) is 10.1. The Balaban J connectivity index is 1.30. The highest BCUT2D eigenvalue weighted by molar-refractivity contribution is 7.90. The molecule has 3 heterocycles. The molecule has 296 valence electrons. The molecule has 3 fully saturated rings. The number of amides is 4. The van der Waals surface area contributed by atoms with Gasteiger partial charge in [0.05, 0.1) is 29.2 Å². The van der Waals surface area contributed by atoms with Crippen LogP contribution in [0.25, 0.3) is 0 Å². The molecule has 0 aromatic heterocycles. The van der Waals surface area contributed by atoms with E-state index in [1.54, 1.807) is 11.0 Å². The Morgan fingerprint density at radius 2 is 1.76 bits per heavy atom. The Morgan fingerprint density at radius 1 is 1.06 bits per heavy atom. The van der Waals surface area contributed by atoms with Crippen molar-refractivity contribution in [3.05, 3.63) is 47.5 Å². The molecule has 5 aliphatic rings. The molecule has 2 aliphatic carbocycles. The summed E-state index contributed by atoms with van der Waals surface area (Å²) < 4.78 is 33.8. The number of aryl methyl sites for hydroxylation is 1. The van der Waals surface area contributed by atoms with Crippen molar-refractivity contribution in [2.75, 3.05) is 13.1 Å². The fourth-order valence-electron chi connectivity index (χ4n) is 8.69. The first-order chi connectivity index (χ1) is 25.4. The molecule has 4 amide bonds. The van der Waals surface area contributed by atoms with E-state index >= 15 is 0 Å².